The summed E-state index contributed by atoms with van der Waals surface area (Å²) < 4.78 is 14.1. The lowest BCUT2D eigenvalue weighted by Gasteiger charge is -2.41. The maximum absolute atomic E-state index is 7.16. The number of para-hydroxylation sites is 2. The van der Waals surface area contributed by atoms with Crippen LogP contribution in [0.1, 0.15) is 65.0 Å². The van der Waals surface area contributed by atoms with Crippen molar-refractivity contribution in [1.82, 2.24) is 0 Å². The van der Waals surface area contributed by atoms with E-state index in [0.29, 0.717) is 11.8 Å². The zero-order chi connectivity index (χ0) is 42.7. The second kappa shape index (κ2) is 14.1. The van der Waals surface area contributed by atoms with E-state index in [-0.39, 0.29) is 23.0 Å². The molecule has 3 nitrogen and oxygen atoms in total. The van der Waals surface area contributed by atoms with Crippen LogP contribution in [0.2, 0.25) is 0 Å². The molecular formula is C62H47NO2. The van der Waals surface area contributed by atoms with Gasteiger partial charge < -0.3 is 14.4 Å². The Bertz CT molecular complexity index is 3260. The average Bonchev–Trinajstić information content (AvgIpc) is 3.89. The normalized spacial score (nSPS) is 26.4. The van der Waals surface area contributed by atoms with Crippen molar-refractivity contribution < 1.29 is 9.47 Å². The van der Waals surface area contributed by atoms with E-state index in [2.05, 4.69) is 217 Å². The second-order valence-corrected chi connectivity index (χ2v) is 18.8. The van der Waals surface area contributed by atoms with Gasteiger partial charge in [-0.1, -0.05) is 164 Å². The summed E-state index contributed by atoms with van der Waals surface area (Å²) >= 11 is 0. The van der Waals surface area contributed by atoms with Crippen LogP contribution in [0.25, 0.3) is 27.8 Å². The highest BCUT2D eigenvalue weighted by Gasteiger charge is 2.80. The minimum absolute atomic E-state index is 0.0166. The number of anilines is 3. The first-order valence-corrected chi connectivity index (χ1v) is 23.5. The van der Waals surface area contributed by atoms with Crippen molar-refractivity contribution in [2.24, 2.45) is 11.3 Å². The lowest BCUT2D eigenvalue weighted by molar-refractivity contribution is 0.0758. The van der Waals surface area contributed by atoms with Crippen LogP contribution < -0.4 is 14.4 Å². The first-order valence-electron chi connectivity index (χ1n) is 23.5. The number of benzene rings is 6. The van der Waals surface area contributed by atoms with Crippen molar-refractivity contribution >= 4 is 33.8 Å². The summed E-state index contributed by atoms with van der Waals surface area (Å²) in [5.74, 6) is 2.64. The quantitative estimate of drug-likeness (QED) is 0.167. The van der Waals surface area contributed by atoms with Gasteiger partial charge in [0.25, 0.3) is 0 Å². The summed E-state index contributed by atoms with van der Waals surface area (Å²) in [5, 5.41) is 0. The fourth-order valence-electron chi connectivity index (χ4n) is 13.1. The van der Waals surface area contributed by atoms with Gasteiger partial charge in [-0.15, -0.1) is 0 Å². The van der Waals surface area contributed by atoms with Crippen LogP contribution in [0.4, 0.5) is 17.1 Å². The first kappa shape index (κ1) is 37.1. The molecule has 312 valence electrons. The van der Waals surface area contributed by atoms with Crippen LogP contribution in [0.15, 0.2) is 218 Å². The number of hydrogen-bond acceptors (Lipinski definition) is 3. The molecule has 1 fully saturated rings. The van der Waals surface area contributed by atoms with Gasteiger partial charge in [0.2, 0.25) is 0 Å². The van der Waals surface area contributed by atoms with E-state index < -0.39 is 0 Å². The highest BCUT2D eigenvalue weighted by atomic mass is 16.6. The highest BCUT2D eigenvalue weighted by Crippen LogP contribution is 2.85. The number of allylic oxidation sites excluding steroid dienone is 14. The van der Waals surface area contributed by atoms with E-state index >= 15 is 0 Å². The van der Waals surface area contributed by atoms with Gasteiger partial charge in [-0.2, -0.15) is 0 Å². The maximum Gasteiger partial charge on any atom is 0.162 e. The number of fused-ring (bicyclic) bond motifs is 10. The topological polar surface area (TPSA) is 21.7 Å². The van der Waals surface area contributed by atoms with E-state index in [1.165, 1.54) is 55.7 Å². The van der Waals surface area contributed by atoms with E-state index in [1.807, 2.05) is 0 Å². The molecule has 0 saturated heterocycles. The molecule has 0 bridgehead atoms. The van der Waals surface area contributed by atoms with Crippen molar-refractivity contribution in [3.05, 3.63) is 251 Å². The van der Waals surface area contributed by atoms with Crippen LogP contribution >= 0.6 is 0 Å². The minimum Gasteiger partial charge on any atom is -0.478 e. The smallest absolute Gasteiger partial charge is 0.162 e. The molecule has 0 radical (unpaired) electrons. The third-order valence-corrected chi connectivity index (χ3v) is 15.7. The van der Waals surface area contributed by atoms with E-state index in [1.54, 1.807) is 0 Å². The Balaban J connectivity index is 0.863. The zero-order valence-electron chi connectivity index (χ0n) is 36.1. The Morgan fingerprint density at radius 3 is 2.23 bits per heavy atom. The average molecular weight is 838 g/mol. The maximum atomic E-state index is 7.16. The molecule has 3 heteroatoms. The standard InChI is InChI=1S/C62H47NO2/c1-3-18-40(19-4-1)45-24-9-13-31-54(45)63(55-32-14-10-25-46(55)41-20-5-2-6-21-41)44-23-17-22-42(36-44)43-33-34-56-57(37-43)65-59-39-53-49(38-58(59)64-56)47-26-7-11-28-50(47)62(53)51-29-12-8-27-48(51)60-52-30-15-16-35-61(52,60)62/h1-5,8-20,22-25,27-39,52,56-57,60H,6-7,21,26H2/t52-,56+,57?,60?,61?,62?/m0/s1. The minimum atomic E-state index is -0.279. The Morgan fingerprint density at radius 1 is 0.569 bits per heavy atom. The highest BCUT2D eigenvalue weighted by molar-refractivity contribution is 5.94. The molecule has 7 aliphatic carbocycles. The van der Waals surface area contributed by atoms with Crippen molar-refractivity contribution in [2.45, 2.75) is 49.2 Å². The summed E-state index contributed by atoms with van der Waals surface area (Å²) in [4.78, 5) is 2.46. The number of rotatable bonds is 6. The molecule has 1 heterocycles. The molecular weight excluding hydrogens is 791 g/mol. The lowest BCUT2D eigenvalue weighted by Crippen LogP contribution is -2.40. The van der Waals surface area contributed by atoms with Crippen LogP contribution in [-0.2, 0) is 5.41 Å². The molecule has 6 atom stereocenters. The van der Waals surface area contributed by atoms with Crippen molar-refractivity contribution in [1.29, 1.82) is 0 Å². The van der Waals surface area contributed by atoms with E-state index in [0.717, 1.165) is 65.4 Å². The molecule has 4 unspecified atom stereocenters. The van der Waals surface area contributed by atoms with E-state index in [9.17, 15) is 0 Å². The lowest BCUT2D eigenvalue weighted by atomic mass is 9.61. The van der Waals surface area contributed by atoms with Crippen molar-refractivity contribution in [2.75, 3.05) is 4.90 Å². The molecule has 2 spiro atoms. The molecule has 14 rings (SSSR count). The van der Waals surface area contributed by atoms with Crippen LogP contribution in [0, 0.1) is 11.3 Å². The summed E-state index contributed by atoms with van der Waals surface area (Å²) in [6.45, 7) is 0. The SMILES string of the molecule is C1=CCCC(c2ccccc2N(c2cccc(C3=CC4Oc5cc6c(cc5O[C@@H]4C=C3)C3=C(C=CCC3)C63c4ccccc4C4[C@@H]5C=CC=CC453)c2)c2ccccc2-c2ccccc2)=C1. The largest absolute Gasteiger partial charge is 0.478 e. The monoisotopic (exact) mass is 837 g/mol. The molecule has 0 amide bonds. The number of nitrogens with zero attached hydrogens (tertiary/aromatic N) is 1. The summed E-state index contributed by atoms with van der Waals surface area (Å²) in [6.07, 6.45) is 31.5. The molecule has 0 aromatic heterocycles. The van der Waals surface area contributed by atoms with E-state index in [4.69, 9.17) is 9.47 Å². The van der Waals surface area contributed by atoms with Crippen LogP contribution in [0.3, 0.4) is 0 Å². The second-order valence-electron chi connectivity index (χ2n) is 18.8. The Labute approximate surface area is 381 Å². The van der Waals surface area contributed by atoms with Gasteiger partial charge in [-0.3, -0.25) is 0 Å². The van der Waals surface area contributed by atoms with Gasteiger partial charge in [0.1, 0.15) is 0 Å². The Morgan fingerprint density at radius 2 is 1.34 bits per heavy atom. The van der Waals surface area contributed by atoms with Gasteiger partial charge in [0.15, 0.2) is 23.7 Å². The summed E-state index contributed by atoms with van der Waals surface area (Å²) in [6, 6.07) is 51.4. The molecule has 0 N–H and O–H groups in total. The predicted octanol–water partition coefficient (Wildman–Crippen LogP) is 15.0. The van der Waals surface area contributed by atoms with Crippen molar-refractivity contribution in [3.63, 3.8) is 0 Å². The molecule has 1 saturated carbocycles. The Kier molecular flexibility index (Phi) is 8.02. The number of hydrogen-bond donors (Lipinski definition) is 0. The first-order chi connectivity index (χ1) is 32.2. The van der Waals surface area contributed by atoms with Gasteiger partial charge in [0.05, 0.1) is 16.8 Å². The van der Waals surface area contributed by atoms with Gasteiger partial charge in [-0.05, 0) is 136 Å². The molecule has 6 aromatic carbocycles. The fraction of sp³-hybridized carbons (Fsp3) is 0.161. The van der Waals surface area contributed by atoms with Crippen molar-refractivity contribution in [3.8, 4) is 22.6 Å². The predicted molar refractivity (Wildman–Crippen MR) is 265 cm³/mol. The molecule has 1 aliphatic heterocycles. The van der Waals surface area contributed by atoms with Gasteiger partial charge >= 0.3 is 0 Å². The molecule has 65 heavy (non-hydrogen) atoms. The zero-order valence-corrected chi connectivity index (χ0v) is 36.1. The van der Waals surface area contributed by atoms with Crippen LogP contribution in [-0.4, -0.2) is 12.2 Å². The van der Waals surface area contributed by atoms with Gasteiger partial charge in [0, 0.05) is 28.1 Å². The number of ether oxygens (including phenoxy) is 2. The third-order valence-electron chi connectivity index (χ3n) is 15.7. The van der Waals surface area contributed by atoms with Crippen LogP contribution in [0.5, 0.6) is 11.5 Å². The molecule has 6 aromatic rings. The fourth-order valence-corrected chi connectivity index (χ4v) is 13.1. The summed E-state index contributed by atoms with van der Waals surface area (Å²) in [5.41, 5.74) is 19.0. The summed E-state index contributed by atoms with van der Waals surface area (Å²) in [7, 11) is 0. The third kappa shape index (κ3) is 5.18. The molecule has 8 aliphatic rings. The van der Waals surface area contributed by atoms with Gasteiger partial charge in [-0.25, -0.2) is 0 Å². The Hall–Kier alpha value is -7.36.